The minimum atomic E-state index is -0.280. The summed E-state index contributed by atoms with van der Waals surface area (Å²) in [6.07, 6.45) is 2.63. The number of benzene rings is 3. The Morgan fingerprint density at radius 2 is 1.82 bits per heavy atom. The highest BCUT2D eigenvalue weighted by atomic mass is 16.5. The summed E-state index contributed by atoms with van der Waals surface area (Å²) < 4.78 is 7.78. The van der Waals surface area contributed by atoms with Crippen molar-refractivity contribution in [2.75, 3.05) is 6.61 Å². The van der Waals surface area contributed by atoms with Crippen molar-refractivity contribution >= 4 is 23.0 Å². The van der Waals surface area contributed by atoms with Crippen molar-refractivity contribution in [2.45, 2.75) is 26.8 Å². The molecule has 0 atom stereocenters. The second-order valence-electron chi connectivity index (χ2n) is 7.98. The van der Waals surface area contributed by atoms with Gasteiger partial charge in [-0.2, -0.15) is 10.4 Å². The molecule has 0 spiro atoms. The van der Waals surface area contributed by atoms with Crippen LogP contribution in [-0.4, -0.2) is 23.3 Å². The number of ether oxygens (including phenoxy) is 1. The summed E-state index contributed by atoms with van der Waals surface area (Å²) in [4.78, 5) is 12.5. The number of rotatable bonds is 8. The molecule has 6 nitrogen and oxygen atoms in total. The Bertz CT molecular complexity index is 1360. The van der Waals surface area contributed by atoms with E-state index in [2.05, 4.69) is 33.3 Å². The van der Waals surface area contributed by atoms with Gasteiger partial charge in [0.2, 0.25) is 0 Å². The van der Waals surface area contributed by atoms with Gasteiger partial charge >= 0.3 is 0 Å². The lowest BCUT2D eigenvalue weighted by molar-refractivity contribution is 0.0955. The quantitative estimate of drug-likeness (QED) is 0.287. The van der Waals surface area contributed by atoms with Crippen LogP contribution in [0.5, 0.6) is 5.75 Å². The molecule has 1 heterocycles. The van der Waals surface area contributed by atoms with Gasteiger partial charge in [-0.05, 0) is 61.4 Å². The molecule has 0 fully saturated rings. The van der Waals surface area contributed by atoms with Gasteiger partial charge in [-0.15, -0.1) is 0 Å². The maximum absolute atomic E-state index is 12.5. The summed E-state index contributed by atoms with van der Waals surface area (Å²) in [7, 11) is 0. The highest BCUT2D eigenvalue weighted by molar-refractivity contribution is 6.02. The number of nitrogens with one attached hydrogen (secondary N) is 1. The second-order valence-corrected chi connectivity index (χ2v) is 7.98. The molecule has 1 amide bonds. The predicted molar refractivity (Wildman–Crippen MR) is 134 cm³/mol. The van der Waals surface area contributed by atoms with E-state index in [1.54, 1.807) is 30.5 Å². The molecular formula is C28H26N4O2. The van der Waals surface area contributed by atoms with Gasteiger partial charge < -0.3 is 9.30 Å². The molecule has 1 aromatic heterocycles. The number of carbonyl (C=O) groups is 1. The fraction of sp³-hybridized carbons (Fsp3) is 0.179. The zero-order valence-corrected chi connectivity index (χ0v) is 19.3. The van der Waals surface area contributed by atoms with E-state index in [0.717, 1.165) is 39.9 Å². The van der Waals surface area contributed by atoms with E-state index in [-0.39, 0.29) is 5.91 Å². The van der Waals surface area contributed by atoms with E-state index in [0.29, 0.717) is 24.3 Å². The average Bonchev–Trinajstić information content (AvgIpc) is 3.14. The number of hydrogen-bond acceptors (Lipinski definition) is 4. The molecule has 0 aliphatic heterocycles. The van der Waals surface area contributed by atoms with Crippen LogP contribution in [-0.2, 0) is 6.54 Å². The molecule has 0 saturated carbocycles. The van der Waals surface area contributed by atoms with Gasteiger partial charge in [-0.1, -0.05) is 37.3 Å². The average molecular weight is 451 g/mol. The molecule has 0 radical (unpaired) electrons. The van der Waals surface area contributed by atoms with Crippen LogP contribution in [0.1, 0.15) is 46.1 Å². The summed E-state index contributed by atoms with van der Waals surface area (Å²) in [5.74, 6) is 0.463. The van der Waals surface area contributed by atoms with E-state index in [9.17, 15) is 4.79 Å². The van der Waals surface area contributed by atoms with Crippen molar-refractivity contribution in [3.05, 3.63) is 101 Å². The van der Waals surface area contributed by atoms with Crippen molar-refractivity contribution in [1.82, 2.24) is 9.99 Å². The van der Waals surface area contributed by atoms with Gasteiger partial charge in [0.1, 0.15) is 5.75 Å². The number of hydrogen-bond donors (Lipinski definition) is 1. The minimum absolute atomic E-state index is 0.280. The molecule has 34 heavy (non-hydrogen) atoms. The summed E-state index contributed by atoms with van der Waals surface area (Å²) in [5, 5.41) is 14.3. The Balaban J connectivity index is 1.53. The van der Waals surface area contributed by atoms with Crippen LogP contribution in [0, 0.1) is 18.3 Å². The number of nitriles is 1. The van der Waals surface area contributed by atoms with Crippen molar-refractivity contribution in [1.29, 1.82) is 5.26 Å². The molecule has 6 heteroatoms. The van der Waals surface area contributed by atoms with E-state index in [1.165, 1.54) is 0 Å². The summed E-state index contributed by atoms with van der Waals surface area (Å²) >= 11 is 0. The fourth-order valence-corrected chi connectivity index (χ4v) is 3.83. The summed E-state index contributed by atoms with van der Waals surface area (Å²) in [6.45, 7) is 5.41. The van der Waals surface area contributed by atoms with Crippen LogP contribution in [0.3, 0.4) is 0 Å². The number of amides is 1. The van der Waals surface area contributed by atoms with Crippen molar-refractivity contribution in [3.63, 3.8) is 0 Å². The first kappa shape index (κ1) is 22.8. The Kier molecular flexibility index (Phi) is 7.04. The lowest BCUT2D eigenvalue weighted by Gasteiger charge is -2.09. The standard InChI is InChI=1S/C28H26N4O2/c1-3-16-34-24-14-12-23(13-15-24)28(33)31-30-18-26-20(2)32(27-7-5-4-6-25(26)27)19-22-10-8-21(17-29)9-11-22/h4-15,18H,3,16,19H2,1-2H3,(H,31,33)/b30-18+. The molecule has 0 bridgehead atoms. The van der Waals surface area contributed by atoms with E-state index in [1.807, 2.05) is 50.2 Å². The summed E-state index contributed by atoms with van der Waals surface area (Å²) in [5.41, 5.74) is 7.96. The number of para-hydroxylation sites is 1. The number of nitrogens with zero attached hydrogens (tertiary/aromatic N) is 3. The van der Waals surface area contributed by atoms with Crippen LogP contribution >= 0.6 is 0 Å². The molecule has 0 unspecified atom stereocenters. The lowest BCUT2D eigenvalue weighted by atomic mass is 10.1. The van der Waals surface area contributed by atoms with Gasteiger partial charge in [0.05, 0.1) is 24.5 Å². The molecule has 170 valence electrons. The number of carbonyl (C=O) groups excluding carboxylic acids is 1. The topological polar surface area (TPSA) is 79.4 Å². The highest BCUT2D eigenvalue weighted by Gasteiger charge is 2.13. The third-order valence-electron chi connectivity index (χ3n) is 5.65. The Morgan fingerprint density at radius 1 is 1.09 bits per heavy atom. The number of aromatic nitrogens is 1. The molecule has 0 aliphatic rings. The predicted octanol–water partition coefficient (Wildman–Crippen LogP) is 5.42. The summed E-state index contributed by atoms with van der Waals surface area (Å²) in [6, 6.07) is 24.9. The van der Waals surface area contributed by atoms with Gasteiger partial charge in [-0.3, -0.25) is 4.79 Å². The maximum atomic E-state index is 12.5. The SMILES string of the molecule is CCCOc1ccc(C(=O)N/N=C/c2c(C)n(Cc3ccc(C#N)cc3)c3ccccc23)cc1. The maximum Gasteiger partial charge on any atom is 0.271 e. The molecule has 4 aromatic rings. The Morgan fingerprint density at radius 3 is 2.53 bits per heavy atom. The third kappa shape index (κ3) is 5.00. The first-order chi connectivity index (χ1) is 16.6. The van der Waals surface area contributed by atoms with Crippen LogP contribution in [0.15, 0.2) is 77.9 Å². The zero-order chi connectivity index (χ0) is 23.9. The van der Waals surface area contributed by atoms with E-state index >= 15 is 0 Å². The van der Waals surface area contributed by atoms with Crippen LogP contribution in [0.2, 0.25) is 0 Å². The third-order valence-corrected chi connectivity index (χ3v) is 5.65. The molecule has 3 aromatic carbocycles. The molecule has 0 saturated heterocycles. The van der Waals surface area contributed by atoms with Crippen molar-refractivity contribution in [3.8, 4) is 11.8 Å². The Labute approximate surface area is 199 Å². The number of hydrazone groups is 1. The minimum Gasteiger partial charge on any atom is -0.494 e. The van der Waals surface area contributed by atoms with Gasteiger partial charge in [-0.25, -0.2) is 5.43 Å². The largest absolute Gasteiger partial charge is 0.494 e. The van der Waals surface area contributed by atoms with E-state index < -0.39 is 0 Å². The fourth-order valence-electron chi connectivity index (χ4n) is 3.83. The lowest BCUT2D eigenvalue weighted by Crippen LogP contribution is -2.17. The van der Waals surface area contributed by atoms with Gasteiger partial charge in [0.15, 0.2) is 0 Å². The van der Waals surface area contributed by atoms with E-state index in [4.69, 9.17) is 10.00 Å². The van der Waals surface area contributed by atoms with Crippen LogP contribution < -0.4 is 10.2 Å². The zero-order valence-electron chi connectivity index (χ0n) is 19.3. The molecule has 1 N–H and O–H groups in total. The van der Waals surface area contributed by atoms with Gasteiger partial charge in [0.25, 0.3) is 5.91 Å². The molecule has 4 rings (SSSR count). The van der Waals surface area contributed by atoms with Crippen molar-refractivity contribution < 1.29 is 9.53 Å². The number of fused-ring (bicyclic) bond motifs is 1. The van der Waals surface area contributed by atoms with Crippen molar-refractivity contribution in [2.24, 2.45) is 5.10 Å². The molecule has 0 aliphatic carbocycles. The highest BCUT2D eigenvalue weighted by Crippen LogP contribution is 2.25. The molecular weight excluding hydrogens is 424 g/mol. The first-order valence-corrected chi connectivity index (χ1v) is 11.2. The first-order valence-electron chi connectivity index (χ1n) is 11.2. The van der Waals surface area contributed by atoms with Crippen LogP contribution in [0.25, 0.3) is 10.9 Å². The smallest absolute Gasteiger partial charge is 0.271 e. The van der Waals surface area contributed by atoms with Crippen LogP contribution in [0.4, 0.5) is 0 Å². The Hall–Kier alpha value is -4.37. The van der Waals surface area contributed by atoms with Gasteiger partial charge in [0, 0.05) is 34.3 Å². The second kappa shape index (κ2) is 10.5. The monoisotopic (exact) mass is 450 g/mol. The normalized spacial score (nSPS) is 11.0.